The van der Waals surface area contributed by atoms with E-state index in [0.29, 0.717) is 5.92 Å². The third-order valence-electron chi connectivity index (χ3n) is 3.21. The summed E-state index contributed by atoms with van der Waals surface area (Å²) >= 11 is 0. The molecule has 3 rings (SSSR count). The molecule has 2 unspecified atom stereocenters. The zero-order chi connectivity index (χ0) is 9.00. The first-order valence-corrected chi connectivity index (χ1v) is 4.46. The van der Waals surface area contributed by atoms with Crippen molar-refractivity contribution < 1.29 is 14.3 Å². The van der Waals surface area contributed by atoms with Crippen LogP contribution >= 0.6 is 0 Å². The molecular formula is C9H9NO3. The zero-order valence-electron chi connectivity index (χ0n) is 6.90. The smallest absolute Gasteiger partial charge is 0.376 e. The topological polar surface area (TPSA) is 55.4 Å². The van der Waals surface area contributed by atoms with E-state index in [9.17, 15) is 9.59 Å². The van der Waals surface area contributed by atoms with E-state index >= 15 is 0 Å². The largest absolute Gasteiger partial charge is 0.415 e. The molecule has 1 aliphatic heterocycles. The predicted molar refractivity (Wildman–Crippen MR) is 42.6 cm³/mol. The Morgan fingerprint density at radius 3 is 2.92 bits per heavy atom. The first kappa shape index (κ1) is 7.12. The highest BCUT2D eigenvalue weighted by Gasteiger charge is 2.52. The third-order valence-corrected chi connectivity index (χ3v) is 3.21. The van der Waals surface area contributed by atoms with Gasteiger partial charge in [-0.25, -0.2) is 4.79 Å². The molecule has 0 spiro atoms. The Labute approximate surface area is 74.9 Å². The Morgan fingerprint density at radius 1 is 1.31 bits per heavy atom. The van der Waals surface area contributed by atoms with Crippen molar-refractivity contribution >= 4 is 12.1 Å². The fourth-order valence-electron chi connectivity index (χ4n) is 2.67. The van der Waals surface area contributed by atoms with Crippen molar-refractivity contribution in [1.82, 2.24) is 5.32 Å². The van der Waals surface area contributed by atoms with Gasteiger partial charge in [-0.05, 0) is 18.3 Å². The first-order valence-electron chi connectivity index (χ1n) is 4.46. The van der Waals surface area contributed by atoms with E-state index in [1.807, 2.05) is 0 Å². The minimum atomic E-state index is -0.591. The van der Waals surface area contributed by atoms with Crippen LogP contribution in [0.5, 0.6) is 0 Å². The van der Waals surface area contributed by atoms with Crippen molar-refractivity contribution in [2.75, 3.05) is 0 Å². The van der Waals surface area contributed by atoms with E-state index in [0.717, 1.165) is 6.42 Å². The molecule has 0 aromatic rings. The molecule has 4 heteroatoms. The van der Waals surface area contributed by atoms with Gasteiger partial charge >= 0.3 is 12.1 Å². The van der Waals surface area contributed by atoms with Crippen LogP contribution in [-0.4, -0.2) is 18.1 Å². The lowest BCUT2D eigenvalue weighted by atomic mass is 9.88. The van der Waals surface area contributed by atoms with E-state index in [1.165, 1.54) is 0 Å². The van der Waals surface area contributed by atoms with Crippen molar-refractivity contribution in [3.63, 3.8) is 0 Å². The number of alkyl carbamates (subject to hydrolysis) is 1. The maximum Gasteiger partial charge on any atom is 0.415 e. The number of hydrogen-bond acceptors (Lipinski definition) is 3. The molecular weight excluding hydrogens is 170 g/mol. The molecule has 1 amide bonds. The van der Waals surface area contributed by atoms with Gasteiger partial charge in [0.1, 0.15) is 0 Å². The lowest BCUT2D eigenvalue weighted by molar-refractivity contribution is -0.146. The number of allylic oxidation sites excluding steroid dienone is 1. The molecule has 68 valence electrons. The second-order valence-corrected chi connectivity index (χ2v) is 3.85. The molecule has 4 nitrogen and oxygen atoms in total. The summed E-state index contributed by atoms with van der Waals surface area (Å²) in [7, 11) is 0. The SMILES string of the molecule is O=C1NC2C(C(=O)O1)[C@@H]1C=C[C@H]2C1. The van der Waals surface area contributed by atoms with Gasteiger partial charge < -0.3 is 10.1 Å². The fourth-order valence-corrected chi connectivity index (χ4v) is 2.67. The summed E-state index contributed by atoms with van der Waals surface area (Å²) in [6.45, 7) is 0. The average Bonchev–Trinajstić information content (AvgIpc) is 2.62. The molecule has 4 atom stereocenters. The highest BCUT2D eigenvalue weighted by molar-refractivity contribution is 5.90. The maximum atomic E-state index is 11.4. The molecule has 1 N–H and O–H groups in total. The van der Waals surface area contributed by atoms with E-state index in [-0.39, 0.29) is 23.8 Å². The second kappa shape index (κ2) is 2.13. The average molecular weight is 179 g/mol. The van der Waals surface area contributed by atoms with Crippen LogP contribution in [0.1, 0.15) is 6.42 Å². The number of carbonyl (C=O) groups excluding carboxylic acids is 2. The van der Waals surface area contributed by atoms with Gasteiger partial charge in [-0.2, -0.15) is 0 Å². The summed E-state index contributed by atoms with van der Waals surface area (Å²) in [5.41, 5.74) is 0. The van der Waals surface area contributed by atoms with Gasteiger partial charge in [0.25, 0.3) is 0 Å². The molecule has 1 saturated heterocycles. The lowest BCUT2D eigenvalue weighted by Gasteiger charge is -2.30. The summed E-state index contributed by atoms with van der Waals surface area (Å²) < 4.78 is 4.53. The van der Waals surface area contributed by atoms with Crippen LogP contribution in [0.4, 0.5) is 4.79 Å². The van der Waals surface area contributed by atoms with Gasteiger partial charge in [0.2, 0.25) is 0 Å². The molecule has 0 aromatic heterocycles. The van der Waals surface area contributed by atoms with Crippen LogP contribution in [0.15, 0.2) is 12.2 Å². The van der Waals surface area contributed by atoms with E-state index in [1.54, 1.807) is 0 Å². The molecule has 0 radical (unpaired) electrons. The van der Waals surface area contributed by atoms with Gasteiger partial charge in [-0.15, -0.1) is 0 Å². The Bertz CT molecular complexity index is 323. The van der Waals surface area contributed by atoms with Crippen LogP contribution in [-0.2, 0) is 9.53 Å². The third kappa shape index (κ3) is 0.802. The molecule has 2 aliphatic carbocycles. The Balaban J connectivity index is 1.98. The van der Waals surface area contributed by atoms with Gasteiger partial charge in [0.05, 0.1) is 12.0 Å². The Hall–Kier alpha value is -1.32. The summed E-state index contributed by atoms with van der Waals surface area (Å²) in [6, 6.07) is -0.0104. The summed E-state index contributed by atoms with van der Waals surface area (Å²) in [5, 5.41) is 2.71. The Kier molecular flexibility index (Phi) is 1.17. The molecule has 0 aromatic carbocycles. The standard InChI is InChI=1S/C9H9NO3/c11-8-6-4-1-2-5(3-4)7(6)10-9(12)13-8/h1-2,4-7H,3H2,(H,10,12)/t4-,5+,6?,7?/m1/s1. The summed E-state index contributed by atoms with van der Waals surface area (Å²) in [6.07, 6.45) is 4.53. The van der Waals surface area contributed by atoms with E-state index in [2.05, 4.69) is 22.2 Å². The van der Waals surface area contributed by atoms with Crippen molar-refractivity contribution in [2.45, 2.75) is 12.5 Å². The molecule has 2 fully saturated rings. The quantitative estimate of drug-likeness (QED) is 0.333. The number of nitrogens with one attached hydrogen (secondary N) is 1. The number of hydrogen-bond donors (Lipinski definition) is 1. The summed E-state index contributed by atoms with van der Waals surface area (Å²) in [4.78, 5) is 22.3. The van der Waals surface area contributed by atoms with Crippen LogP contribution in [0.2, 0.25) is 0 Å². The van der Waals surface area contributed by atoms with Crippen molar-refractivity contribution in [3.05, 3.63) is 12.2 Å². The Morgan fingerprint density at radius 2 is 2.08 bits per heavy atom. The lowest BCUT2D eigenvalue weighted by Crippen LogP contribution is -2.52. The summed E-state index contributed by atoms with van der Waals surface area (Å²) in [5.74, 6) is 0.133. The van der Waals surface area contributed by atoms with Crippen LogP contribution < -0.4 is 5.32 Å². The zero-order valence-corrected chi connectivity index (χ0v) is 6.90. The second-order valence-electron chi connectivity index (χ2n) is 3.85. The molecule has 1 heterocycles. The van der Waals surface area contributed by atoms with Crippen LogP contribution in [0, 0.1) is 17.8 Å². The van der Waals surface area contributed by atoms with Gasteiger partial charge in [0.15, 0.2) is 0 Å². The molecule has 1 saturated carbocycles. The van der Waals surface area contributed by atoms with E-state index < -0.39 is 6.09 Å². The minimum absolute atomic E-state index is 0.0104. The molecule has 13 heavy (non-hydrogen) atoms. The van der Waals surface area contributed by atoms with Crippen LogP contribution in [0.25, 0.3) is 0 Å². The maximum absolute atomic E-state index is 11.4. The number of esters is 1. The minimum Gasteiger partial charge on any atom is -0.376 e. The predicted octanol–water partition coefficient (Wildman–Crippen LogP) is 0.444. The number of rotatable bonds is 0. The fraction of sp³-hybridized carbons (Fsp3) is 0.556. The number of ether oxygens (including phenoxy) is 1. The van der Waals surface area contributed by atoms with Crippen LogP contribution in [0.3, 0.4) is 0 Å². The first-order chi connectivity index (χ1) is 6.25. The van der Waals surface area contributed by atoms with E-state index in [4.69, 9.17) is 0 Å². The van der Waals surface area contributed by atoms with Gasteiger partial charge in [-0.3, -0.25) is 4.79 Å². The van der Waals surface area contributed by atoms with Crippen molar-refractivity contribution in [2.24, 2.45) is 17.8 Å². The van der Waals surface area contributed by atoms with Gasteiger partial charge in [0, 0.05) is 0 Å². The highest BCUT2D eigenvalue weighted by Crippen LogP contribution is 2.45. The highest BCUT2D eigenvalue weighted by atomic mass is 16.6. The normalized spacial score (nSPS) is 45.8. The van der Waals surface area contributed by atoms with Crippen molar-refractivity contribution in [3.8, 4) is 0 Å². The van der Waals surface area contributed by atoms with Crippen molar-refractivity contribution in [1.29, 1.82) is 0 Å². The number of fused-ring (bicyclic) bond motifs is 5. The number of amides is 1. The molecule has 3 aliphatic rings. The monoisotopic (exact) mass is 179 g/mol. The van der Waals surface area contributed by atoms with Gasteiger partial charge in [-0.1, -0.05) is 12.2 Å². The number of cyclic esters (lactones) is 2. The molecule has 2 bridgehead atoms. The number of carbonyl (C=O) groups is 2.